The van der Waals surface area contributed by atoms with Crippen LogP contribution in [0.2, 0.25) is 0 Å². The Balaban J connectivity index is 2.42. The number of hydrogen-bond donors (Lipinski definition) is 1. The summed E-state index contributed by atoms with van der Waals surface area (Å²) in [5.41, 5.74) is 0.231. The summed E-state index contributed by atoms with van der Waals surface area (Å²) in [6, 6.07) is 11.1. The molecule has 0 aliphatic heterocycles. The molecule has 0 aliphatic carbocycles. The average Bonchev–Trinajstić information content (AvgIpc) is 2.47. The first-order valence-corrected chi connectivity index (χ1v) is 7.05. The van der Waals surface area contributed by atoms with E-state index in [0.717, 1.165) is 23.6 Å². The van der Waals surface area contributed by atoms with Crippen molar-refractivity contribution in [1.29, 1.82) is 0 Å². The lowest BCUT2D eigenvalue weighted by Gasteiger charge is -2.17. The number of benzene rings is 2. The van der Waals surface area contributed by atoms with Crippen molar-refractivity contribution in [3.8, 4) is 5.75 Å². The van der Waals surface area contributed by atoms with E-state index in [1.54, 1.807) is 6.07 Å². The van der Waals surface area contributed by atoms with Gasteiger partial charge in [0.15, 0.2) is 0 Å². The number of fused-ring (bicyclic) bond motifs is 1. The molecule has 2 rings (SSSR count). The van der Waals surface area contributed by atoms with Crippen molar-refractivity contribution >= 4 is 16.7 Å². The second kappa shape index (κ2) is 6.42. The van der Waals surface area contributed by atoms with E-state index in [-0.39, 0.29) is 5.56 Å². The van der Waals surface area contributed by atoms with Crippen molar-refractivity contribution in [2.24, 2.45) is 5.92 Å². The summed E-state index contributed by atoms with van der Waals surface area (Å²) in [5, 5.41) is 11.2. The molecule has 0 saturated heterocycles. The number of carbonyl (C=O) groups is 1. The summed E-state index contributed by atoms with van der Waals surface area (Å²) in [6.45, 7) is 4.80. The smallest absolute Gasteiger partial charge is 0.339 e. The third kappa shape index (κ3) is 2.93. The molecule has 3 nitrogen and oxygen atoms in total. The van der Waals surface area contributed by atoms with Crippen LogP contribution in [0.4, 0.5) is 0 Å². The molecule has 106 valence electrons. The van der Waals surface area contributed by atoms with Crippen molar-refractivity contribution in [2.45, 2.75) is 26.7 Å². The van der Waals surface area contributed by atoms with E-state index in [1.165, 1.54) is 0 Å². The predicted molar refractivity (Wildman–Crippen MR) is 80.5 cm³/mol. The largest absolute Gasteiger partial charge is 0.492 e. The molecule has 2 aromatic carbocycles. The normalized spacial score (nSPS) is 10.9. The zero-order chi connectivity index (χ0) is 14.5. The zero-order valence-corrected chi connectivity index (χ0v) is 11.9. The van der Waals surface area contributed by atoms with E-state index in [4.69, 9.17) is 4.74 Å². The van der Waals surface area contributed by atoms with Gasteiger partial charge in [-0.25, -0.2) is 4.79 Å². The monoisotopic (exact) mass is 272 g/mol. The third-order valence-electron chi connectivity index (χ3n) is 3.73. The first-order chi connectivity index (χ1) is 9.67. The highest BCUT2D eigenvalue weighted by Gasteiger charge is 2.16. The number of hydrogen-bond acceptors (Lipinski definition) is 2. The lowest BCUT2D eigenvalue weighted by atomic mass is 10.0. The topological polar surface area (TPSA) is 46.5 Å². The number of carboxylic acid groups (broad SMARTS) is 1. The summed E-state index contributed by atoms with van der Waals surface area (Å²) in [7, 11) is 0. The Morgan fingerprint density at radius 1 is 1.15 bits per heavy atom. The van der Waals surface area contributed by atoms with E-state index >= 15 is 0 Å². The van der Waals surface area contributed by atoms with Gasteiger partial charge in [0, 0.05) is 5.39 Å². The molecule has 0 aromatic heterocycles. The summed E-state index contributed by atoms with van der Waals surface area (Å²) < 4.78 is 5.87. The minimum absolute atomic E-state index is 0.231. The average molecular weight is 272 g/mol. The Hall–Kier alpha value is -2.03. The number of rotatable bonds is 6. The molecular formula is C17H20O3. The van der Waals surface area contributed by atoms with Gasteiger partial charge >= 0.3 is 5.97 Å². The first-order valence-electron chi connectivity index (χ1n) is 7.05. The minimum Gasteiger partial charge on any atom is -0.492 e. The number of ether oxygens (including phenoxy) is 1. The van der Waals surface area contributed by atoms with Crippen LogP contribution >= 0.6 is 0 Å². The Morgan fingerprint density at radius 2 is 1.85 bits per heavy atom. The molecule has 0 atom stereocenters. The van der Waals surface area contributed by atoms with Crippen LogP contribution in [0.3, 0.4) is 0 Å². The Morgan fingerprint density at radius 3 is 2.50 bits per heavy atom. The fourth-order valence-corrected chi connectivity index (χ4v) is 2.29. The van der Waals surface area contributed by atoms with Gasteiger partial charge in [-0.2, -0.15) is 0 Å². The van der Waals surface area contributed by atoms with Gasteiger partial charge in [-0.15, -0.1) is 0 Å². The van der Waals surface area contributed by atoms with E-state index in [2.05, 4.69) is 13.8 Å². The van der Waals surface area contributed by atoms with Crippen molar-refractivity contribution < 1.29 is 14.6 Å². The van der Waals surface area contributed by atoms with Crippen LogP contribution in [0.15, 0.2) is 36.4 Å². The maximum atomic E-state index is 11.4. The van der Waals surface area contributed by atoms with Crippen LogP contribution in [0.5, 0.6) is 5.75 Å². The molecule has 0 amide bonds. The molecule has 0 aliphatic rings. The summed E-state index contributed by atoms with van der Waals surface area (Å²) >= 11 is 0. The van der Waals surface area contributed by atoms with Crippen molar-refractivity contribution in [3.05, 3.63) is 42.0 Å². The van der Waals surface area contributed by atoms with Gasteiger partial charge in [0.05, 0.1) is 6.61 Å². The number of aromatic carboxylic acids is 1. The van der Waals surface area contributed by atoms with Crippen molar-refractivity contribution in [3.63, 3.8) is 0 Å². The molecule has 0 spiro atoms. The van der Waals surface area contributed by atoms with Gasteiger partial charge in [-0.05, 0) is 17.4 Å². The molecular weight excluding hydrogens is 252 g/mol. The van der Waals surface area contributed by atoms with Crippen LogP contribution < -0.4 is 4.74 Å². The second-order valence-electron chi connectivity index (χ2n) is 4.96. The summed E-state index contributed by atoms with van der Waals surface area (Å²) in [6.07, 6.45) is 2.06. The van der Waals surface area contributed by atoms with Gasteiger partial charge in [-0.3, -0.25) is 0 Å². The molecule has 0 saturated carbocycles. The molecule has 1 N–H and O–H groups in total. The van der Waals surface area contributed by atoms with Crippen molar-refractivity contribution in [2.75, 3.05) is 6.61 Å². The molecule has 0 bridgehead atoms. The summed E-state index contributed by atoms with van der Waals surface area (Å²) in [5.74, 6) is -0.00610. The van der Waals surface area contributed by atoms with Crippen LogP contribution in [0.25, 0.3) is 10.8 Å². The SMILES string of the molecule is CCC(CC)COc1c(C(=O)O)ccc2ccccc12. The molecule has 20 heavy (non-hydrogen) atoms. The third-order valence-corrected chi connectivity index (χ3v) is 3.73. The molecule has 3 heteroatoms. The van der Waals surface area contributed by atoms with Crippen LogP contribution in [0, 0.1) is 5.92 Å². The highest BCUT2D eigenvalue weighted by Crippen LogP contribution is 2.30. The van der Waals surface area contributed by atoms with E-state index in [1.807, 2.05) is 30.3 Å². The van der Waals surface area contributed by atoms with Crippen LogP contribution in [-0.4, -0.2) is 17.7 Å². The zero-order valence-electron chi connectivity index (χ0n) is 11.9. The van der Waals surface area contributed by atoms with Crippen LogP contribution in [0.1, 0.15) is 37.0 Å². The molecule has 0 unspecified atom stereocenters. The van der Waals surface area contributed by atoms with Gasteiger partial charge < -0.3 is 9.84 Å². The fraction of sp³-hybridized carbons (Fsp3) is 0.353. The molecule has 0 radical (unpaired) electrons. The Kier molecular flexibility index (Phi) is 4.61. The Labute approximate surface area is 119 Å². The molecule has 2 aromatic rings. The molecule has 0 heterocycles. The molecule has 0 fully saturated rings. The lowest BCUT2D eigenvalue weighted by Crippen LogP contribution is -2.12. The highest BCUT2D eigenvalue weighted by atomic mass is 16.5. The number of carboxylic acids is 1. The fourth-order valence-electron chi connectivity index (χ4n) is 2.29. The summed E-state index contributed by atoms with van der Waals surface area (Å²) in [4.78, 5) is 11.4. The predicted octanol–water partition coefficient (Wildman–Crippen LogP) is 4.35. The van der Waals surface area contributed by atoms with Gasteiger partial charge in [0.1, 0.15) is 11.3 Å². The van der Waals surface area contributed by atoms with Gasteiger partial charge in [-0.1, -0.05) is 57.0 Å². The van der Waals surface area contributed by atoms with Gasteiger partial charge in [0.2, 0.25) is 0 Å². The minimum atomic E-state index is -0.949. The first kappa shape index (κ1) is 14.4. The quantitative estimate of drug-likeness (QED) is 0.850. The maximum Gasteiger partial charge on any atom is 0.339 e. The second-order valence-corrected chi connectivity index (χ2v) is 4.96. The van der Waals surface area contributed by atoms with E-state index < -0.39 is 5.97 Å². The van der Waals surface area contributed by atoms with Crippen molar-refractivity contribution in [1.82, 2.24) is 0 Å². The van der Waals surface area contributed by atoms with Gasteiger partial charge in [0.25, 0.3) is 0 Å². The van der Waals surface area contributed by atoms with E-state index in [9.17, 15) is 9.90 Å². The lowest BCUT2D eigenvalue weighted by molar-refractivity contribution is 0.0691. The Bertz CT molecular complexity index is 600. The standard InChI is InChI=1S/C17H20O3/c1-3-12(4-2)11-20-16-14-8-6-5-7-13(14)9-10-15(16)17(18)19/h5-10,12H,3-4,11H2,1-2H3,(H,18,19). The maximum absolute atomic E-state index is 11.4. The highest BCUT2D eigenvalue weighted by molar-refractivity contribution is 6.00. The van der Waals surface area contributed by atoms with E-state index in [0.29, 0.717) is 18.3 Å². The van der Waals surface area contributed by atoms with Crippen LogP contribution in [-0.2, 0) is 0 Å².